The number of imidazole rings is 1. The number of pyridine rings is 1. The molecule has 0 aliphatic heterocycles. The molecule has 29 heavy (non-hydrogen) atoms. The predicted octanol–water partition coefficient (Wildman–Crippen LogP) is 6.10. The maximum atomic E-state index is 6.15. The molecule has 2 aromatic heterocycles. The summed E-state index contributed by atoms with van der Waals surface area (Å²) in [5.41, 5.74) is 5.08. The zero-order chi connectivity index (χ0) is 20.4. The van der Waals surface area contributed by atoms with Gasteiger partial charge in [0.15, 0.2) is 11.4 Å². The second kappa shape index (κ2) is 7.63. The first kappa shape index (κ1) is 19.1. The van der Waals surface area contributed by atoms with Crippen LogP contribution in [0.25, 0.3) is 16.9 Å². The van der Waals surface area contributed by atoms with E-state index in [1.54, 1.807) is 0 Å². The summed E-state index contributed by atoms with van der Waals surface area (Å²) in [7, 11) is 0. The van der Waals surface area contributed by atoms with E-state index in [1.807, 2.05) is 36.5 Å². The number of hydrogen-bond donors (Lipinski definition) is 1. The van der Waals surface area contributed by atoms with Crippen molar-refractivity contribution in [1.29, 1.82) is 0 Å². The molecule has 2 aromatic carbocycles. The van der Waals surface area contributed by atoms with Crippen molar-refractivity contribution in [3.8, 4) is 17.0 Å². The summed E-state index contributed by atoms with van der Waals surface area (Å²) in [5.74, 6) is 1.74. The maximum Gasteiger partial charge on any atom is 0.181 e. The second-order valence-corrected chi connectivity index (χ2v) is 8.39. The summed E-state index contributed by atoms with van der Waals surface area (Å²) in [6, 6.07) is 22.6. The first-order chi connectivity index (χ1) is 13.9. The second-order valence-electron chi connectivity index (χ2n) is 8.39. The van der Waals surface area contributed by atoms with Gasteiger partial charge in [-0.15, -0.1) is 0 Å². The van der Waals surface area contributed by atoms with Gasteiger partial charge in [0.2, 0.25) is 0 Å². The Labute approximate surface area is 172 Å². The van der Waals surface area contributed by atoms with E-state index in [0.29, 0.717) is 6.61 Å². The standard InChI is InChI=1S/C25H27N3O/c1-18-12-14-20(15-13-18)22-24(27-25(2,3)4)28-16-8-11-21(23(28)26-22)29-17-19-9-6-5-7-10-19/h5-16,27H,17H2,1-4H3. The fourth-order valence-electron chi connectivity index (χ4n) is 3.28. The molecule has 1 N–H and O–H groups in total. The van der Waals surface area contributed by atoms with Gasteiger partial charge in [0.05, 0.1) is 0 Å². The van der Waals surface area contributed by atoms with E-state index in [4.69, 9.17) is 9.72 Å². The molecule has 4 aromatic rings. The molecule has 0 radical (unpaired) electrons. The van der Waals surface area contributed by atoms with Crippen LogP contribution in [0.2, 0.25) is 0 Å². The maximum absolute atomic E-state index is 6.15. The number of benzene rings is 2. The predicted molar refractivity (Wildman–Crippen MR) is 120 cm³/mol. The monoisotopic (exact) mass is 385 g/mol. The van der Waals surface area contributed by atoms with Crippen LogP contribution in [0.1, 0.15) is 31.9 Å². The van der Waals surface area contributed by atoms with Gasteiger partial charge in [-0.05, 0) is 45.4 Å². The summed E-state index contributed by atoms with van der Waals surface area (Å²) in [4.78, 5) is 4.98. The minimum atomic E-state index is -0.101. The Hall–Kier alpha value is -3.27. The quantitative estimate of drug-likeness (QED) is 0.451. The number of hydrogen-bond acceptors (Lipinski definition) is 3. The molecule has 0 atom stereocenters. The van der Waals surface area contributed by atoms with E-state index in [0.717, 1.165) is 34.0 Å². The Balaban J connectivity index is 1.79. The number of fused-ring (bicyclic) bond motifs is 1. The lowest BCUT2D eigenvalue weighted by atomic mass is 10.1. The zero-order valence-electron chi connectivity index (χ0n) is 17.4. The number of nitrogens with one attached hydrogen (secondary N) is 1. The Kier molecular flexibility index (Phi) is 5.01. The van der Waals surface area contributed by atoms with Crippen molar-refractivity contribution in [3.05, 3.63) is 84.1 Å². The van der Waals surface area contributed by atoms with Gasteiger partial charge in [-0.3, -0.25) is 4.40 Å². The minimum absolute atomic E-state index is 0.101. The van der Waals surface area contributed by atoms with Crippen LogP contribution in [0.15, 0.2) is 72.9 Å². The third kappa shape index (κ3) is 4.27. The van der Waals surface area contributed by atoms with Crippen molar-refractivity contribution in [2.75, 3.05) is 5.32 Å². The highest BCUT2D eigenvalue weighted by atomic mass is 16.5. The van der Waals surface area contributed by atoms with E-state index >= 15 is 0 Å². The third-order valence-electron chi connectivity index (χ3n) is 4.67. The smallest absolute Gasteiger partial charge is 0.181 e. The van der Waals surface area contributed by atoms with Crippen molar-refractivity contribution in [1.82, 2.24) is 9.38 Å². The van der Waals surface area contributed by atoms with Crippen molar-refractivity contribution in [2.24, 2.45) is 0 Å². The third-order valence-corrected chi connectivity index (χ3v) is 4.67. The molecule has 0 aliphatic rings. The first-order valence-corrected chi connectivity index (χ1v) is 9.94. The van der Waals surface area contributed by atoms with Crippen LogP contribution in [0.5, 0.6) is 5.75 Å². The summed E-state index contributed by atoms with van der Waals surface area (Å²) in [6.45, 7) is 9.07. The van der Waals surface area contributed by atoms with E-state index in [1.165, 1.54) is 5.56 Å². The number of aromatic nitrogens is 2. The van der Waals surface area contributed by atoms with Crippen LogP contribution in [0.3, 0.4) is 0 Å². The lowest BCUT2D eigenvalue weighted by Crippen LogP contribution is -2.27. The SMILES string of the molecule is Cc1ccc(-c2nc3c(OCc4ccccc4)cccn3c2NC(C)(C)C)cc1. The summed E-state index contributed by atoms with van der Waals surface area (Å²) < 4.78 is 8.23. The Morgan fingerprint density at radius 3 is 2.34 bits per heavy atom. The van der Waals surface area contributed by atoms with Crippen molar-refractivity contribution >= 4 is 11.5 Å². The molecule has 0 saturated heterocycles. The van der Waals surface area contributed by atoms with Crippen LogP contribution in [0.4, 0.5) is 5.82 Å². The van der Waals surface area contributed by atoms with Gasteiger partial charge in [-0.25, -0.2) is 4.98 Å². The molecule has 148 valence electrons. The fraction of sp³-hybridized carbons (Fsp3) is 0.240. The van der Waals surface area contributed by atoms with Crippen LogP contribution in [-0.4, -0.2) is 14.9 Å². The number of nitrogens with zero attached hydrogens (tertiary/aromatic N) is 2. The largest absolute Gasteiger partial charge is 0.485 e. The zero-order valence-corrected chi connectivity index (χ0v) is 17.4. The molecule has 0 saturated carbocycles. The molecule has 0 bridgehead atoms. The van der Waals surface area contributed by atoms with Gasteiger partial charge < -0.3 is 10.1 Å². The average Bonchev–Trinajstić information content (AvgIpc) is 3.05. The Morgan fingerprint density at radius 2 is 1.66 bits per heavy atom. The van der Waals surface area contributed by atoms with Crippen molar-refractivity contribution < 1.29 is 4.74 Å². The molecule has 2 heterocycles. The number of anilines is 1. The highest BCUT2D eigenvalue weighted by Gasteiger charge is 2.21. The van der Waals surface area contributed by atoms with Gasteiger partial charge in [-0.2, -0.15) is 0 Å². The van der Waals surface area contributed by atoms with E-state index in [9.17, 15) is 0 Å². The molecule has 4 rings (SSSR count). The van der Waals surface area contributed by atoms with Crippen LogP contribution < -0.4 is 10.1 Å². The molecule has 0 unspecified atom stereocenters. The summed E-state index contributed by atoms with van der Waals surface area (Å²) >= 11 is 0. The van der Waals surface area contributed by atoms with Gasteiger partial charge >= 0.3 is 0 Å². The minimum Gasteiger partial charge on any atom is -0.485 e. The molecule has 4 heteroatoms. The van der Waals surface area contributed by atoms with Gasteiger partial charge in [0.1, 0.15) is 18.1 Å². The molecular formula is C25H27N3O. The van der Waals surface area contributed by atoms with Crippen molar-refractivity contribution in [2.45, 2.75) is 39.8 Å². The average molecular weight is 386 g/mol. The molecule has 0 amide bonds. The van der Waals surface area contributed by atoms with Crippen LogP contribution >= 0.6 is 0 Å². The number of rotatable bonds is 5. The van der Waals surface area contributed by atoms with Gasteiger partial charge in [-0.1, -0.05) is 60.2 Å². The van der Waals surface area contributed by atoms with Crippen LogP contribution in [0, 0.1) is 6.92 Å². The molecular weight excluding hydrogens is 358 g/mol. The fourth-order valence-corrected chi connectivity index (χ4v) is 3.28. The lowest BCUT2D eigenvalue weighted by Gasteiger charge is -2.22. The highest BCUT2D eigenvalue weighted by Crippen LogP contribution is 2.34. The lowest BCUT2D eigenvalue weighted by molar-refractivity contribution is 0.308. The van der Waals surface area contributed by atoms with E-state index < -0.39 is 0 Å². The number of ether oxygens (including phenoxy) is 1. The van der Waals surface area contributed by atoms with Gasteiger partial charge in [0, 0.05) is 17.3 Å². The normalized spacial score (nSPS) is 11.6. The summed E-state index contributed by atoms with van der Waals surface area (Å²) in [5, 5.41) is 3.63. The van der Waals surface area contributed by atoms with E-state index in [-0.39, 0.29) is 5.54 Å². The Morgan fingerprint density at radius 1 is 0.931 bits per heavy atom. The molecule has 0 spiro atoms. The molecule has 0 aliphatic carbocycles. The summed E-state index contributed by atoms with van der Waals surface area (Å²) in [6.07, 6.45) is 2.03. The van der Waals surface area contributed by atoms with E-state index in [2.05, 4.69) is 73.8 Å². The molecule has 0 fully saturated rings. The highest BCUT2D eigenvalue weighted by molar-refractivity contribution is 5.79. The Bertz CT molecular complexity index is 1110. The number of aryl methyl sites for hydroxylation is 1. The first-order valence-electron chi connectivity index (χ1n) is 9.94. The topological polar surface area (TPSA) is 38.6 Å². The van der Waals surface area contributed by atoms with Crippen LogP contribution in [-0.2, 0) is 6.61 Å². The van der Waals surface area contributed by atoms with Crippen molar-refractivity contribution in [3.63, 3.8) is 0 Å². The molecule has 4 nitrogen and oxygen atoms in total. The van der Waals surface area contributed by atoms with Gasteiger partial charge in [0.25, 0.3) is 0 Å².